The third-order valence-electron chi connectivity index (χ3n) is 2.23. The number of hydrogen-bond acceptors (Lipinski definition) is 2. The zero-order valence-corrected chi connectivity index (χ0v) is 9.41. The molecular formula is C13H16O2. The number of ketones is 1. The van der Waals surface area contributed by atoms with Crippen LogP contribution in [0.4, 0.5) is 0 Å². The number of carbonyl (C=O) groups is 1. The van der Waals surface area contributed by atoms with Crippen molar-refractivity contribution in [1.82, 2.24) is 0 Å². The van der Waals surface area contributed by atoms with E-state index < -0.39 is 0 Å². The Kier molecular flexibility index (Phi) is 3.67. The van der Waals surface area contributed by atoms with Crippen LogP contribution < -0.4 is 4.74 Å². The monoisotopic (exact) mass is 204 g/mol. The van der Waals surface area contributed by atoms with Crippen LogP contribution in [0.5, 0.6) is 5.75 Å². The highest BCUT2D eigenvalue weighted by Crippen LogP contribution is 2.20. The van der Waals surface area contributed by atoms with E-state index in [1.165, 1.54) is 0 Å². The largest absolute Gasteiger partial charge is 0.486 e. The molecule has 1 rings (SSSR count). The summed E-state index contributed by atoms with van der Waals surface area (Å²) in [5.41, 5.74) is 1.68. The van der Waals surface area contributed by atoms with E-state index in [1.54, 1.807) is 19.1 Å². The fraction of sp³-hybridized carbons (Fsp3) is 0.308. The van der Waals surface area contributed by atoms with Crippen LogP contribution in [0.15, 0.2) is 30.9 Å². The molecular weight excluding hydrogens is 188 g/mol. The molecule has 1 atom stereocenters. The quantitative estimate of drug-likeness (QED) is 0.556. The lowest BCUT2D eigenvalue weighted by atomic mass is 10.1. The Bertz CT molecular complexity index is 380. The fourth-order valence-corrected chi connectivity index (χ4v) is 1.25. The van der Waals surface area contributed by atoms with Crippen molar-refractivity contribution in [3.05, 3.63) is 42.0 Å². The molecule has 80 valence electrons. The Balaban J connectivity index is 2.93. The molecule has 2 heteroatoms. The van der Waals surface area contributed by atoms with Crippen LogP contribution in [0.2, 0.25) is 0 Å². The number of carbonyl (C=O) groups excluding carboxylic acids is 1. The average molecular weight is 204 g/mol. The summed E-state index contributed by atoms with van der Waals surface area (Å²) in [5.74, 6) is 0.869. The molecule has 0 amide bonds. The van der Waals surface area contributed by atoms with E-state index in [-0.39, 0.29) is 11.9 Å². The summed E-state index contributed by atoms with van der Waals surface area (Å²) in [7, 11) is 0. The summed E-state index contributed by atoms with van der Waals surface area (Å²) >= 11 is 0. The summed E-state index contributed by atoms with van der Waals surface area (Å²) in [5, 5.41) is 0. The molecule has 0 aliphatic carbocycles. The first-order chi connectivity index (χ1) is 7.04. The van der Waals surface area contributed by atoms with E-state index in [2.05, 4.69) is 6.58 Å². The van der Waals surface area contributed by atoms with Crippen LogP contribution in [0.25, 0.3) is 0 Å². The van der Waals surface area contributed by atoms with Crippen LogP contribution in [0.3, 0.4) is 0 Å². The standard InChI is InChI=1S/C13H16O2/c1-5-10(3)15-13-7-6-12(11(4)14)8-9(13)2/h5-8,10H,1H2,2-4H3. The number of hydrogen-bond donors (Lipinski definition) is 0. The summed E-state index contributed by atoms with van der Waals surface area (Å²) in [6, 6.07) is 5.44. The van der Waals surface area contributed by atoms with Gasteiger partial charge in [-0.15, -0.1) is 0 Å². The van der Waals surface area contributed by atoms with Crippen molar-refractivity contribution >= 4 is 5.78 Å². The maximum absolute atomic E-state index is 11.1. The van der Waals surface area contributed by atoms with Crippen molar-refractivity contribution in [1.29, 1.82) is 0 Å². The second-order valence-electron chi connectivity index (χ2n) is 3.60. The van der Waals surface area contributed by atoms with Gasteiger partial charge in [0.1, 0.15) is 11.9 Å². The molecule has 1 aromatic carbocycles. The minimum absolute atomic E-state index is 0.0214. The highest BCUT2D eigenvalue weighted by atomic mass is 16.5. The minimum Gasteiger partial charge on any atom is -0.486 e. The van der Waals surface area contributed by atoms with Gasteiger partial charge < -0.3 is 4.74 Å². The zero-order chi connectivity index (χ0) is 11.4. The second kappa shape index (κ2) is 4.78. The third kappa shape index (κ3) is 2.94. The fourth-order valence-electron chi connectivity index (χ4n) is 1.25. The van der Waals surface area contributed by atoms with Gasteiger partial charge in [0.2, 0.25) is 0 Å². The van der Waals surface area contributed by atoms with Crippen LogP contribution >= 0.6 is 0 Å². The molecule has 0 aliphatic rings. The van der Waals surface area contributed by atoms with E-state index in [4.69, 9.17) is 4.74 Å². The molecule has 0 radical (unpaired) electrons. The Morgan fingerprint density at radius 3 is 2.67 bits per heavy atom. The number of Topliss-reactive ketones (excluding diaryl/α,β-unsaturated/α-hetero) is 1. The molecule has 0 bridgehead atoms. The van der Waals surface area contributed by atoms with Crippen molar-refractivity contribution in [3.63, 3.8) is 0 Å². The van der Waals surface area contributed by atoms with E-state index in [0.29, 0.717) is 5.56 Å². The number of rotatable bonds is 4. The minimum atomic E-state index is -0.0214. The van der Waals surface area contributed by atoms with E-state index >= 15 is 0 Å². The SMILES string of the molecule is C=CC(C)Oc1ccc(C(C)=O)cc1C. The van der Waals surface area contributed by atoms with Crippen LogP contribution in [0.1, 0.15) is 29.8 Å². The predicted molar refractivity (Wildman–Crippen MR) is 61.5 cm³/mol. The number of ether oxygens (including phenoxy) is 1. The van der Waals surface area contributed by atoms with Gasteiger partial charge >= 0.3 is 0 Å². The van der Waals surface area contributed by atoms with Crippen LogP contribution in [-0.4, -0.2) is 11.9 Å². The molecule has 2 nitrogen and oxygen atoms in total. The van der Waals surface area contributed by atoms with Gasteiger partial charge in [0.05, 0.1) is 0 Å². The van der Waals surface area contributed by atoms with Gasteiger partial charge in [-0.1, -0.05) is 12.7 Å². The Labute approximate surface area is 90.6 Å². The van der Waals surface area contributed by atoms with Gasteiger partial charge in [0.15, 0.2) is 5.78 Å². The summed E-state index contributed by atoms with van der Waals surface area (Å²) < 4.78 is 5.60. The highest BCUT2D eigenvalue weighted by Gasteiger charge is 2.05. The topological polar surface area (TPSA) is 26.3 Å². The molecule has 1 aromatic rings. The van der Waals surface area contributed by atoms with Gasteiger partial charge in [-0.2, -0.15) is 0 Å². The summed E-state index contributed by atoms with van der Waals surface area (Å²) in [6.07, 6.45) is 1.71. The molecule has 15 heavy (non-hydrogen) atoms. The molecule has 0 saturated heterocycles. The highest BCUT2D eigenvalue weighted by molar-refractivity contribution is 5.94. The maximum Gasteiger partial charge on any atom is 0.159 e. The first-order valence-corrected chi connectivity index (χ1v) is 4.95. The summed E-state index contributed by atoms with van der Waals surface area (Å²) in [4.78, 5) is 11.1. The summed E-state index contributed by atoms with van der Waals surface area (Å²) in [6.45, 7) is 9.06. The lowest BCUT2D eigenvalue weighted by Crippen LogP contribution is -2.08. The van der Waals surface area contributed by atoms with Gasteiger partial charge in [-0.25, -0.2) is 0 Å². The van der Waals surface area contributed by atoms with Crippen molar-refractivity contribution in [2.75, 3.05) is 0 Å². The van der Waals surface area contributed by atoms with Gasteiger partial charge in [0.25, 0.3) is 0 Å². The van der Waals surface area contributed by atoms with Gasteiger partial charge in [-0.05, 0) is 44.5 Å². The normalized spacial score (nSPS) is 11.9. The molecule has 0 fully saturated rings. The van der Waals surface area contributed by atoms with Crippen LogP contribution in [0, 0.1) is 6.92 Å². The zero-order valence-electron chi connectivity index (χ0n) is 9.41. The Morgan fingerprint density at radius 2 is 2.20 bits per heavy atom. The van der Waals surface area contributed by atoms with Crippen molar-refractivity contribution in [2.45, 2.75) is 26.9 Å². The Hall–Kier alpha value is -1.57. The van der Waals surface area contributed by atoms with Crippen LogP contribution in [-0.2, 0) is 0 Å². The average Bonchev–Trinajstić information content (AvgIpc) is 2.20. The van der Waals surface area contributed by atoms with Crippen molar-refractivity contribution in [3.8, 4) is 5.75 Å². The Morgan fingerprint density at radius 1 is 1.53 bits per heavy atom. The van der Waals surface area contributed by atoms with E-state index in [9.17, 15) is 4.79 Å². The first-order valence-electron chi connectivity index (χ1n) is 4.95. The number of aryl methyl sites for hydroxylation is 1. The molecule has 1 unspecified atom stereocenters. The van der Waals surface area contributed by atoms with Crippen molar-refractivity contribution < 1.29 is 9.53 Å². The smallest absolute Gasteiger partial charge is 0.159 e. The first kappa shape index (κ1) is 11.5. The van der Waals surface area contributed by atoms with Gasteiger partial charge in [-0.3, -0.25) is 4.79 Å². The lowest BCUT2D eigenvalue weighted by molar-refractivity contribution is 0.101. The molecule has 0 aromatic heterocycles. The molecule has 0 spiro atoms. The molecule has 0 heterocycles. The molecule has 0 N–H and O–H groups in total. The second-order valence-corrected chi connectivity index (χ2v) is 3.60. The third-order valence-corrected chi connectivity index (χ3v) is 2.23. The van der Waals surface area contributed by atoms with E-state index in [1.807, 2.05) is 26.0 Å². The lowest BCUT2D eigenvalue weighted by Gasteiger charge is -2.13. The molecule has 0 saturated carbocycles. The van der Waals surface area contributed by atoms with E-state index in [0.717, 1.165) is 11.3 Å². The number of benzene rings is 1. The maximum atomic E-state index is 11.1. The predicted octanol–water partition coefficient (Wildman–Crippen LogP) is 3.15. The van der Waals surface area contributed by atoms with Crippen molar-refractivity contribution in [2.24, 2.45) is 0 Å². The molecule has 0 aliphatic heterocycles. The van der Waals surface area contributed by atoms with Gasteiger partial charge in [0, 0.05) is 5.56 Å².